The van der Waals surface area contributed by atoms with Gasteiger partial charge in [-0.1, -0.05) is 139 Å². The molecular formula is C63H53N3. The van der Waals surface area contributed by atoms with E-state index in [1.807, 2.05) is 0 Å². The third-order valence-corrected chi connectivity index (χ3v) is 14.2. The lowest BCUT2D eigenvalue weighted by Crippen LogP contribution is -1.95. The van der Waals surface area contributed by atoms with Crippen LogP contribution in [0.5, 0.6) is 0 Å². The maximum atomic E-state index is 2.45. The predicted molar refractivity (Wildman–Crippen MR) is 283 cm³/mol. The lowest BCUT2D eigenvalue weighted by atomic mass is 9.98. The molecule has 0 N–H and O–H groups in total. The lowest BCUT2D eigenvalue weighted by Gasteiger charge is -2.12. The summed E-state index contributed by atoms with van der Waals surface area (Å²) in [6.07, 6.45) is 0. The van der Waals surface area contributed by atoms with Gasteiger partial charge in [0.1, 0.15) is 0 Å². The highest BCUT2D eigenvalue weighted by molar-refractivity contribution is 6.14. The van der Waals surface area contributed by atoms with E-state index in [0.29, 0.717) is 17.8 Å². The Labute approximate surface area is 386 Å². The van der Waals surface area contributed by atoms with Crippen LogP contribution in [0, 0.1) is 0 Å². The van der Waals surface area contributed by atoms with Crippen LogP contribution in [-0.2, 0) is 0 Å². The van der Waals surface area contributed by atoms with E-state index in [4.69, 9.17) is 0 Å². The quantitative estimate of drug-likeness (QED) is 0.145. The second-order valence-electron chi connectivity index (χ2n) is 19.2. The van der Waals surface area contributed by atoms with E-state index in [9.17, 15) is 0 Å². The van der Waals surface area contributed by atoms with Gasteiger partial charge in [-0.05, 0) is 154 Å². The van der Waals surface area contributed by atoms with Crippen LogP contribution in [0.2, 0.25) is 0 Å². The van der Waals surface area contributed by atoms with Gasteiger partial charge in [-0.15, -0.1) is 0 Å². The van der Waals surface area contributed by atoms with E-state index in [0.717, 1.165) is 0 Å². The number of nitrogens with zero attached hydrogens (tertiary/aromatic N) is 3. The van der Waals surface area contributed by atoms with Gasteiger partial charge in [0.05, 0.1) is 33.1 Å². The molecule has 0 aliphatic heterocycles. The van der Waals surface area contributed by atoms with E-state index in [-0.39, 0.29) is 0 Å². The van der Waals surface area contributed by atoms with E-state index in [1.165, 1.54) is 121 Å². The van der Waals surface area contributed by atoms with Crippen LogP contribution in [0.1, 0.15) is 76.0 Å². The third-order valence-electron chi connectivity index (χ3n) is 14.2. The zero-order valence-corrected chi connectivity index (χ0v) is 38.5. The Morgan fingerprint density at radius 3 is 0.758 bits per heavy atom. The normalized spacial score (nSPS) is 12.2. The molecule has 3 heteroatoms. The van der Waals surface area contributed by atoms with E-state index < -0.39 is 0 Å². The van der Waals surface area contributed by atoms with Gasteiger partial charge in [0.15, 0.2) is 0 Å². The number of rotatable bonds is 8. The summed E-state index contributed by atoms with van der Waals surface area (Å²) in [5, 5.41) is 7.53. The molecule has 0 saturated carbocycles. The summed E-state index contributed by atoms with van der Waals surface area (Å²) in [5.74, 6) is 1.45. The number of benzene rings is 9. The van der Waals surface area contributed by atoms with Crippen LogP contribution in [-0.4, -0.2) is 13.7 Å². The first-order valence-corrected chi connectivity index (χ1v) is 23.7. The molecule has 3 nitrogen and oxygen atoms in total. The van der Waals surface area contributed by atoms with Gasteiger partial charge < -0.3 is 13.7 Å². The average molecular weight is 852 g/mol. The highest BCUT2D eigenvalue weighted by atomic mass is 15.0. The van der Waals surface area contributed by atoms with Crippen molar-refractivity contribution in [3.63, 3.8) is 0 Å². The van der Waals surface area contributed by atoms with Crippen molar-refractivity contribution in [1.29, 1.82) is 0 Å². The molecule has 0 spiro atoms. The zero-order valence-electron chi connectivity index (χ0n) is 38.5. The maximum absolute atomic E-state index is 2.45. The minimum atomic E-state index is 0.468. The number of para-hydroxylation sites is 2. The average Bonchev–Trinajstić information content (AvgIpc) is 3.98. The minimum absolute atomic E-state index is 0.468. The molecule has 0 aliphatic rings. The summed E-state index contributed by atoms with van der Waals surface area (Å²) in [6.45, 7) is 13.5. The van der Waals surface area contributed by atoms with Crippen molar-refractivity contribution in [2.24, 2.45) is 0 Å². The summed E-state index contributed by atoms with van der Waals surface area (Å²) in [6, 6.07) is 73.2. The van der Waals surface area contributed by atoms with E-state index in [1.54, 1.807) is 0 Å². The Bertz CT molecular complexity index is 3590. The standard InChI is InChI=1S/C63H53N3/c1-39(2)42-15-25-49(26-16-42)64-58-13-9-7-11-52(58)54-35-45(21-31-60(54)64)47-23-33-62-56(37-47)57-38-48(24-34-63(57)66(62)51-29-19-44(20-30-51)41(5)6)46-22-32-61-55(36-46)53-12-8-10-14-59(53)65(61)50-27-17-43(18-28-50)40(3)4/h7-41H,1-6H3. The molecule has 12 aromatic rings. The summed E-state index contributed by atoms with van der Waals surface area (Å²) in [4.78, 5) is 0. The highest BCUT2D eigenvalue weighted by Gasteiger charge is 2.19. The van der Waals surface area contributed by atoms with Crippen molar-refractivity contribution in [1.82, 2.24) is 13.7 Å². The largest absolute Gasteiger partial charge is 0.309 e. The zero-order chi connectivity index (χ0) is 44.8. The monoisotopic (exact) mass is 851 g/mol. The lowest BCUT2D eigenvalue weighted by molar-refractivity contribution is 0.865. The van der Waals surface area contributed by atoms with Gasteiger partial charge in [0, 0.05) is 49.4 Å². The Kier molecular flexibility index (Phi) is 9.39. The fourth-order valence-corrected chi connectivity index (χ4v) is 10.5. The molecule has 0 aliphatic carbocycles. The topological polar surface area (TPSA) is 14.8 Å². The van der Waals surface area contributed by atoms with Crippen LogP contribution in [0.3, 0.4) is 0 Å². The fraction of sp³-hybridized carbons (Fsp3) is 0.143. The number of aromatic nitrogens is 3. The molecule has 3 aromatic heterocycles. The van der Waals surface area contributed by atoms with Crippen molar-refractivity contribution < 1.29 is 0 Å². The number of hydrogen-bond donors (Lipinski definition) is 0. The molecule has 320 valence electrons. The number of fused-ring (bicyclic) bond motifs is 9. The third kappa shape index (κ3) is 6.40. The Balaban J connectivity index is 1.02. The second-order valence-corrected chi connectivity index (χ2v) is 19.2. The van der Waals surface area contributed by atoms with Gasteiger partial charge >= 0.3 is 0 Å². The van der Waals surface area contributed by atoms with Crippen LogP contribution in [0.25, 0.3) is 105 Å². The van der Waals surface area contributed by atoms with Crippen molar-refractivity contribution in [2.75, 3.05) is 0 Å². The molecule has 0 bridgehead atoms. The fourth-order valence-electron chi connectivity index (χ4n) is 10.5. The first-order chi connectivity index (χ1) is 32.2. The van der Waals surface area contributed by atoms with Crippen molar-refractivity contribution in [3.05, 3.63) is 211 Å². The van der Waals surface area contributed by atoms with Gasteiger partial charge in [0.2, 0.25) is 0 Å². The smallest absolute Gasteiger partial charge is 0.0541 e. The molecule has 12 rings (SSSR count). The molecule has 0 amide bonds. The highest BCUT2D eigenvalue weighted by Crippen LogP contribution is 2.41. The molecule has 3 heterocycles. The van der Waals surface area contributed by atoms with E-state index in [2.05, 4.69) is 249 Å². The predicted octanol–water partition coefficient (Wildman–Crippen LogP) is 17.7. The molecule has 9 aromatic carbocycles. The van der Waals surface area contributed by atoms with Gasteiger partial charge in [0.25, 0.3) is 0 Å². The summed E-state index contributed by atoms with van der Waals surface area (Å²) >= 11 is 0. The summed E-state index contributed by atoms with van der Waals surface area (Å²) < 4.78 is 7.28. The number of hydrogen-bond acceptors (Lipinski definition) is 0. The van der Waals surface area contributed by atoms with Gasteiger partial charge in [-0.25, -0.2) is 0 Å². The second kappa shape index (κ2) is 15.5. The summed E-state index contributed by atoms with van der Waals surface area (Å²) in [7, 11) is 0. The molecule has 0 radical (unpaired) electrons. The Hall–Kier alpha value is -7.62. The van der Waals surface area contributed by atoms with Crippen LogP contribution < -0.4 is 0 Å². The SMILES string of the molecule is CC(C)c1ccc(-n2c3ccccc3c3cc(-c4ccc5c(c4)c4cc(-c6ccc7c(c6)c6ccccc6n7-c6ccc(C(C)C)cc6)ccc4n5-c4ccc(C(C)C)cc4)ccc32)cc1. The Morgan fingerprint density at radius 1 is 0.242 bits per heavy atom. The first-order valence-electron chi connectivity index (χ1n) is 23.7. The molecule has 0 unspecified atom stereocenters. The van der Waals surface area contributed by atoms with Crippen molar-refractivity contribution >= 4 is 65.4 Å². The molecule has 66 heavy (non-hydrogen) atoms. The minimum Gasteiger partial charge on any atom is -0.309 e. The van der Waals surface area contributed by atoms with Crippen molar-refractivity contribution in [3.8, 4) is 39.3 Å². The molecule has 0 saturated heterocycles. The Morgan fingerprint density at radius 2 is 0.485 bits per heavy atom. The van der Waals surface area contributed by atoms with Gasteiger partial charge in [-0.2, -0.15) is 0 Å². The molecule has 0 fully saturated rings. The van der Waals surface area contributed by atoms with Crippen LogP contribution >= 0.6 is 0 Å². The van der Waals surface area contributed by atoms with Gasteiger partial charge in [-0.3, -0.25) is 0 Å². The van der Waals surface area contributed by atoms with Crippen LogP contribution in [0.4, 0.5) is 0 Å². The van der Waals surface area contributed by atoms with Crippen molar-refractivity contribution in [2.45, 2.75) is 59.3 Å². The molecular weight excluding hydrogens is 799 g/mol. The van der Waals surface area contributed by atoms with Crippen LogP contribution in [0.15, 0.2) is 194 Å². The van der Waals surface area contributed by atoms with E-state index >= 15 is 0 Å². The first kappa shape index (κ1) is 39.9. The molecule has 0 atom stereocenters. The summed E-state index contributed by atoms with van der Waals surface area (Å²) in [5.41, 5.74) is 19.7. The maximum Gasteiger partial charge on any atom is 0.0541 e.